The summed E-state index contributed by atoms with van der Waals surface area (Å²) < 4.78 is 0. The number of allylic oxidation sites excluding steroid dienone is 2. The number of carbonyl (C=O) groups is 1. The highest BCUT2D eigenvalue weighted by Gasteiger charge is 2.61. The van der Waals surface area contributed by atoms with Gasteiger partial charge in [0.1, 0.15) is 0 Å². The Bertz CT molecular complexity index is 409. The Morgan fingerprint density at radius 2 is 1.56 bits per heavy atom. The van der Waals surface area contributed by atoms with Gasteiger partial charge in [0.05, 0.1) is 0 Å². The molecule has 1 heteroatoms. The molecular weight excluding hydrogens is 220 g/mol. The molecule has 0 aromatic carbocycles. The quantitative estimate of drug-likeness (QED) is 0.655. The molecule has 4 saturated carbocycles. The van der Waals surface area contributed by atoms with Gasteiger partial charge in [-0.1, -0.05) is 19.4 Å². The Balaban J connectivity index is 1.98. The lowest BCUT2D eigenvalue weighted by atomic mass is 9.39. The summed E-state index contributed by atoms with van der Waals surface area (Å²) in [5.41, 5.74) is 2.05. The molecule has 0 aromatic heterocycles. The zero-order valence-electron chi connectivity index (χ0n) is 12.3. The van der Waals surface area contributed by atoms with Crippen LogP contribution in [-0.2, 0) is 4.79 Å². The van der Waals surface area contributed by atoms with Gasteiger partial charge in [0.25, 0.3) is 0 Å². The molecule has 18 heavy (non-hydrogen) atoms. The zero-order valence-corrected chi connectivity index (χ0v) is 12.3. The van der Waals surface area contributed by atoms with Crippen LogP contribution in [0.3, 0.4) is 0 Å². The van der Waals surface area contributed by atoms with Gasteiger partial charge in [-0.25, -0.2) is 0 Å². The minimum Gasteiger partial charge on any atom is -0.294 e. The Hall–Kier alpha value is -0.590. The summed E-state index contributed by atoms with van der Waals surface area (Å²) in [4.78, 5) is 12.7. The van der Waals surface area contributed by atoms with E-state index in [0.29, 0.717) is 16.6 Å². The summed E-state index contributed by atoms with van der Waals surface area (Å²) in [5.74, 6) is 1.25. The van der Waals surface area contributed by atoms with Crippen LogP contribution in [0.25, 0.3) is 0 Å². The second kappa shape index (κ2) is 3.49. The van der Waals surface area contributed by atoms with Crippen LogP contribution in [0.5, 0.6) is 0 Å². The first-order valence-electron chi connectivity index (χ1n) is 7.44. The molecule has 0 heterocycles. The van der Waals surface area contributed by atoms with E-state index >= 15 is 0 Å². The third-order valence-electron chi connectivity index (χ3n) is 5.57. The van der Waals surface area contributed by atoms with E-state index in [4.69, 9.17) is 0 Å². The third-order valence-corrected chi connectivity index (χ3v) is 5.57. The second-order valence-electron chi connectivity index (χ2n) is 8.50. The Morgan fingerprint density at radius 3 is 2.00 bits per heavy atom. The molecule has 1 nitrogen and oxygen atoms in total. The number of rotatable bonds is 2. The van der Waals surface area contributed by atoms with Crippen LogP contribution in [0.15, 0.2) is 11.6 Å². The van der Waals surface area contributed by atoms with Crippen molar-refractivity contribution in [3.05, 3.63) is 11.6 Å². The maximum absolute atomic E-state index is 12.7. The van der Waals surface area contributed by atoms with E-state index in [2.05, 4.69) is 13.8 Å². The van der Waals surface area contributed by atoms with Crippen LogP contribution in [0.2, 0.25) is 0 Å². The van der Waals surface area contributed by atoms with Gasteiger partial charge >= 0.3 is 0 Å². The van der Waals surface area contributed by atoms with Crippen LogP contribution in [0.1, 0.15) is 66.2 Å². The molecule has 2 unspecified atom stereocenters. The minimum absolute atomic E-state index is 0.000185. The second-order valence-corrected chi connectivity index (χ2v) is 8.50. The van der Waals surface area contributed by atoms with E-state index in [9.17, 15) is 4.79 Å². The van der Waals surface area contributed by atoms with Crippen molar-refractivity contribution < 1.29 is 4.79 Å². The third kappa shape index (κ3) is 1.78. The lowest BCUT2D eigenvalue weighted by Gasteiger charge is -2.64. The molecule has 4 rings (SSSR count). The maximum atomic E-state index is 12.7. The van der Waals surface area contributed by atoms with Crippen molar-refractivity contribution in [3.63, 3.8) is 0 Å². The molecule has 0 N–H and O–H groups in total. The predicted molar refractivity (Wildman–Crippen MR) is 74.3 cm³/mol. The SMILES string of the molecule is CC(C)=CC(=O)C12CC3CC(C)(CC(C)(C3)C1)C2. The number of ketones is 1. The van der Waals surface area contributed by atoms with E-state index < -0.39 is 0 Å². The van der Waals surface area contributed by atoms with Crippen LogP contribution in [0, 0.1) is 22.2 Å². The summed E-state index contributed by atoms with van der Waals surface area (Å²) in [6.45, 7) is 8.95. The average molecular weight is 246 g/mol. The molecular formula is C17H26O. The number of carbonyl (C=O) groups excluding carboxylic acids is 1. The molecule has 0 radical (unpaired) electrons. The van der Waals surface area contributed by atoms with Crippen LogP contribution in [-0.4, -0.2) is 5.78 Å². The highest BCUT2D eigenvalue weighted by Crippen LogP contribution is 2.69. The predicted octanol–water partition coefficient (Wildman–Crippen LogP) is 4.52. The molecule has 0 saturated heterocycles. The highest BCUT2D eigenvalue weighted by molar-refractivity contribution is 5.95. The maximum Gasteiger partial charge on any atom is 0.161 e. The van der Waals surface area contributed by atoms with Gasteiger partial charge in [0.2, 0.25) is 0 Å². The Kier molecular flexibility index (Phi) is 2.41. The fraction of sp³-hybridized carbons (Fsp3) is 0.824. The van der Waals surface area contributed by atoms with Crippen LogP contribution >= 0.6 is 0 Å². The standard InChI is InChI=1S/C17H26O/c1-12(2)5-14(18)17-8-13-6-15(3,10-17)9-16(4,7-13)11-17/h5,13H,6-11H2,1-4H3. The average Bonchev–Trinajstić information content (AvgIpc) is 2.09. The zero-order chi connectivity index (χ0) is 13.2. The van der Waals surface area contributed by atoms with Gasteiger partial charge < -0.3 is 0 Å². The van der Waals surface area contributed by atoms with Gasteiger partial charge in [-0.15, -0.1) is 0 Å². The van der Waals surface area contributed by atoms with Crippen molar-refractivity contribution in [2.24, 2.45) is 22.2 Å². The molecule has 0 aromatic rings. The topological polar surface area (TPSA) is 17.1 Å². The molecule has 4 aliphatic carbocycles. The van der Waals surface area contributed by atoms with Crippen molar-refractivity contribution in [1.29, 1.82) is 0 Å². The summed E-state index contributed by atoms with van der Waals surface area (Å²) in [6, 6.07) is 0. The summed E-state index contributed by atoms with van der Waals surface area (Å²) in [6.07, 6.45) is 9.46. The molecule has 4 bridgehead atoms. The van der Waals surface area contributed by atoms with Crippen LogP contribution in [0.4, 0.5) is 0 Å². The lowest BCUT2D eigenvalue weighted by Crippen LogP contribution is -2.57. The van der Waals surface area contributed by atoms with Gasteiger partial charge in [-0.05, 0) is 75.2 Å². The van der Waals surface area contributed by atoms with Crippen LogP contribution < -0.4 is 0 Å². The fourth-order valence-corrected chi connectivity index (χ4v) is 6.14. The van der Waals surface area contributed by atoms with Gasteiger partial charge in [-0.3, -0.25) is 4.79 Å². The molecule has 0 spiro atoms. The summed E-state index contributed by atoms with van der Waals surface area (Å²) in [5, 5.41) is 0. The monoisotopic (exact) mass is 246 g/mol. The number of hydrogen-bond acceptors (Lipinski definition) is 1. The first kappa shape index (κ1) is 12.4. The van der Waals surface area contributed by atoms with Crippen molar-refractivity contribution in [3.8, 4) is 0 Å². The molecule has 0 amide bonds. The molecule has 4 aliphatic rings. The largest absolute Gasteiger partial charge is 0.294 e. The van der Waals surface area contributed by atoms with Crippen molar-refractivity contribution >= 4 is 5.78 Å². The van der Waals surface area contributed by atoms with E-state index in [1.54, 1.807) is 0 Å². The summed E-state index contributed by atoms with van der Waals surface area (Å²) >= 11 is 0. The first-order valence-corrected chi connectivity index (χ1v) is 7.44. The smallest absolute Gasteiger partial charge is 0.161 e. The molecule has 0 aliphatic heterocycles. The van der Waals surface area contributed by atoms with Gasteiger partial charge in [0, 0.05) is 5.41 Å². The fourth-order valence-electron chi connectivity index (χ4n) is 6.14. The lowest BCUT2D eigenvalue weighted by molar-refractivity contribution is -0.163. The van der Waals surface area contributed by atoms with Crippen molar-refractivity contribution in [1.82, 2.24) is 0 Å². The van der Waals surface area contributed by atoms with Crippen molar-refractivity contribution in [2.45, 2.75) is 66.2 Å². The van der Waals surface area contributed by atoms with Crippen molar-refractivity contribution in [2.75, 3.05) is 0 Å². The van der Waals surface area contributed by atoms with Gasteiger partial charge in [-0.2, -0.15) is 0 Å². The number of hydrogen-bond donors (Lipinski definition) is 0. The van der Waals surface area contributed by atoms with E-state index in [1.807, 2.05) is 19.9 Å². The van der Waals surface area contributed by atoms with E-state index in [0.717, 1.165) is 24.3 Å². The summed E-state index contributed by atoms with van der Waals surface area (Å²) in [7, 11) is 0. The molecule has 2 atom stereocenters. The molecule has 100 valence electrons. The Labute approximate surface area is 111 Å². The van der Waals surface area contributed by atoms with E-state index in [-0.39, 0.29) is 5.41 Å². The van der Waals surface area contributed by atoms with E-state index in [1.165, 1.54) is 25.7 Å². The highest BCUT2D eigenvalue weighted by atomic mass is 16.1. The normalized spacial score (nSPS) is 49.2. The first-order chi connectivity index (χ1) is 8.24. The Morgan fingerprint density at radius 1 is 1.00 bits per heavy atom. The van der Waals surface area contributed by atoms with Gasteiger partial charge in [0.15, 0.2) is 5.78 Å². The minimum atomic E-state index is 0.000185. The molecule has 4 fully saturated rings.